The van der Waals surface area contributed by atoms with Crippen molar-refractivity contribution in [3.8, 4) is 0 Å². The van der Waals surface area contributed by atoms with Gasteiger partial charge in [-0.1, -0.05) is 42.0 Å². The van der Waals surface area contributed by atoms with Crippen LogP contribution in [-0.4, -0.2) is 17.9 Å². The molecule has 1 unspecified atom stereocenters. The van der Waals surface area contributed by atoms with Crippen LogP contribution in [0.3, 0.4) is 0 Å². The quantitative estimate of drug-likeness (QED) is 0.520. The van der Waals surface area contributed by atoms with E-state index in [1.54, 1.807) is 30.3 Å². The SMILES string of the molecule is Cc1ccc(NC(NC(=O)c2ccccc2)C(=O)c2cccs2)cc1. The Labute approximate surface area is 150 Å². The minimum atomic E-state index is -0.839. The van der Waals surface area contributed by atoms with E-state index in [0.29, 0.717) is 10.4 Å². The lowest BCUT2D eigenvalue weighted by Crippen LogP contribution is -2.46. The Morgan fingerprint density at radius 2 is 1.64 bits per heavy atom. The average Bonchev–Trinajstić information content (AvgIpc) is 3.17. The molecule has 1 heterocycles. The molecule has 0 aliphatic carbocycles. The molecule has 3 aromatic rings. The van der Waals surface area contributed by atoms with Crippen LogP contribution in [0.15, 0.2) is 72.1 Å². The third-order valence-electron chi connectivity index (χ3n) is 3.70. The molecule has 0 fully saturated rings. The monoisotopic (exact) mass is 350 g/mol. The number of anilines is 1. The molecule has 3 rings (SSSR count). The van der Waals surface area contributed by atoms with Gasteiger partial charge in [0, 0.05) is 11.3 Å². The van der Waals surface area contributed by atoms with Crippen molar-refractivity contribution in [2.24, 2.45) is 0 Å². The fraction of sp³-hybridized carbons (Fsp3) is 0.100. The predicted octanol–water partition coefficient (Wildman–Crippen LogP) is 4.11. The van der Waals surface area contributed by atoms with E-state index >= 15 is 0 Å². The fourth-order valence-electron chi connectivity index (χ4n) is 2.35. The van der Waals surface area contributed by atoms with Crippen molar-refractivity contribution in [2.45, 2.75) is 13.1 Å². The highest BCUT2D eigenvalue weighted by molar-refractivity contribution is 7.12. The van der Waals surface area contributed by atoms with Gasteiger partial charge in [-0.05, 0) is 42.6 Å². The zero-order valence-electron chi connectivity index (χ0n) is 13.7. The molecule has 0 bridgehead atoms. The van der Waals surface area contributed by atoms with E-state index in [9.17, 15) is 9.59 Å². The van der Waals surface area contributed by atoms with E-state index in [1.807, 2.05) is 48.7 Å². The third-order valence-corrected chi connectivity index (χ3v) is 4.58. The summed E-state index contributed by atoms with van der Waals surface area (Å²) >= 11 is 1.35. The lowest BCUT2D eigenvalue weighted by Gasteiger charge is -2.20. The number of thiophene rings is 1. The van der Waals surface area contributed by atoms with Crippen LogP contribution >= 0.6 is 11.3 Å². The van der Waals surface area contributed by atoms with Crippen molar-refractivity contribution in [1.82, 2.24) is 5.32 Å². The number of hydrogen-bond donors (Lipinski definition) is 2. The highest BCUT2D eigenvalue weighted by Gasteiger charge is 2.23. The van der Waals surface area contributed by atoms with Gasteiger partial charge in [0.05, 0.1) is 4.88 Å². The van der Waals surface area contributed by atoms with Gasteiger partial charge < -0.3 is 10.6 Å². The first-order valence-corrected chi connectivity index (χ1v) is 8.78. The Morgan fingerprint density at radius 3 is 2.28 bits per heavy atom. The van der Waals surface area contributed by atoms with Crippen LogP contribution in [0.2, 0.25) is 0 Å². The Hall–Kier alpha value is -2.92. The molecule has 5 heteroatoms. The molecule has 4 nitrogen and oxygen atoms in total. The second-order valence-corrected chi connectivity index (χ2v) is 6.57. The molecule has 0 saturated carbocycles. The number of nitrogens with one attached hydrogen (secondary N) is 2. The van der Waals surface area contributed by atoms with Gasteiger partial charge in [0.1, 0.15) is 0 Å². The topological polar surface area (TPSA) is 58.2 Å². The van der Waals surface area contributed by atoms with Gasteiger partial charge >= 0.3 is 0 Å². The van der Waals surface area contributed by atoms with Crippen molar-refractivity contribution < 1.29 is 9.59 Å². The lowest BCUT2D eigenvalue weighted by molar-refractivity contribution is 0.0871. The standard InChI is InChI=1S/C20H18N2O2S/c1-14-9-11-16(12-10-14)21-19(18(23)17-8-5-13-25-17)22-20(24)15-6-3-2-4-7-15/h2-13,19,21H,1H3,(H,22,24). The Morgan fingerprint density at radius 1 is 0.920 bits per heavy atom. The van der Waals surface area contributed by atoms with Gasteiger partial charge in [-0.3, -0.25) is 9.59 Å². The van der Waals surface area contributed by atoms with Gasteiger partial charge in [-0.25, -0.2) is 0 Å². The zero-order valence-corrected chi connectivity index (χ0v) is 14.5. The van der Waals surface area contributed by atoms with Crippen molar-refractivity contribution in [3.05, 3.63) is 88.1 Å². The van der Waals surface area contributed by atoms with E-state index in [4.69, 9.17) is 0 Å². The number of amides is 1. The molecule has 126 valence electrons. The maximum absolute atomic E-state index is 12.8. The molecule has 0 aliphatic heterocycles. The highest BCUT2D eigenvalue weighted by atomic mass is 32.1. The van der Waals surface area contributed by atoms with Gasteiger partial charge in [-0.2, -0.15) is 0 Å². The number of rotatable bonds is 6. The van der Waals surface area contributed by atoms with Crippen molar-refractivity contribution in [3.63, 3.8) is 0 Å². The maximum Gasteiger partial charge on any atom is 0.253 e. The summed E-state index contributed by atoms with van der Waals surface area (Å²) in [6.07, 6.45) is -0.839. The Bertz CT molecular complexity index is 843. The summed E-state index contributed by atoms with van der Waals surface area (Å²) in [6.45, 7) is 2.00. The summed E-state index contributed by atoms with van der Waals surface area (Å²) in [5.41, 5.74) is 2.41. The molecule has 1 amide bonds. The van der Waals surface area contributed by atoms with Crippen LogP contribution in [0.5, 0.6) is 0 Å². The van der Waals surface area contributed by atoms with Crippen LogP contribution in [0, 0.1) is 6.92 Å². The summed E-state index contributed by atoms with van der Waals surface area (Å²) in [5.74, 6) is -0.463. The molecule has 2 N–H and O–H groups in total. The molecule has 0 spiro atoms. The van der Waals surface area contributed by atoms with E-state index in [2.05, 4.69) is 10.6 Å². The molecule has 1 aromatic heterocycles. The van der Waals surface area contributed by atoms with Crippen LogP contribution < -0.4 is 10.6 Å². The van der Waals surface area contributed by atoms with E-state index in [-0.39, 0.29) is 11.7 Å². The molecule has 1 atom stereocenters. The molecular formula is C20H18N2O2S. The van der Waals surface area contributed by atoms with Crippen LogP contribution in [0.1, 0.15) is 25.6 Å². The number of carbonyl (C=O) groups excluding carboxylic acids is 2. The first-order chi connectivity index (χ1) is 12.1. The van der Waals surface area contributed by atoms with Crippen molar-refractivity contribution in [2.75, 3.05) is 5.32 Å². The Balaban J connectivity index is 1.82. The Kier molecular flexibility index (Phi) is 5.26. The summed E-state index contributed by atoms with van der Waals surface area (Å²) in [5, 5.41) is 7.75. The van der Waals surface area contributed by atoms with E-state index in [0.717, 1.165) is 11.3 Å². The molecule has 0 radical (unpaired) electrons. The van der Waals surface area contributed by atoms with Gasteiger partial charge in [0.2, 0.25) is 5.78 Å². The zero-order chi connectivity index (χ0) is 17.6. The van der Waals surface area contributed by atoms with Crippen molar-refractivity contribution in [1.29, 1.82) is 0 Å². The number of aryl methyl sites for hydroxylation is 1. The predicted molar refractivity (Wildman–Crippen MR) is 101 cm³/mol. The normalized spacial score (nSPS) is 11.6. The van der Waals surface area contributed by atoms with Gasteiger partial charge in [0.25, 0.3) is 5.91 Å². The van der Waals surface area contributed by atoms with Gasteiger partial charge in [0.15, 0.2) is 6.17 Å². The molecule has 0 saturated heterocycles. The van der Waals surface area contributed by atoms with Crippen LogP contribution in [0.4, 0.5) is 5.69 Å². The molecule has 25 heavy (non-hydrogen) atoms. The lowest BCUT2D eigenvalue weighted by atomic mass is 10.1. The number of benzene rings is 2. The number of Topliss-reactive ketones (excluding diaryl/α,β-unsaturated/α-hetero) is 1. The van der Waals surface area contributed by atoms with Crippen molar-refractivity contribution >= 4 is 28.7 Å². The van der Waals surface area contributed by atoms with Gasteiger partial charge in [-0.15, -0.1) is 11.3 Å². The summed E-state index contributed by atoms with van der Waals surface area (Å²) in [7, 11) is 0. The van der Waals surface area contributed by atoms with Crippen LogP contribution in [0.25, 0.3) is 0 Å². The van der Waals surface area contributed by atoms with Crippen LogP contribution in [-0.2, 0) is 0 Å². The number of ketones is 1. The largest absolute Gasteiger partial charge is 0.359 e. The average molecular weight is 350 g/mol. The first kappa shape index (κ1) is 16.9. The number of carbonyl (C=O) groups is 2. The minimum Gasteiger partial charge on any atom is -0.359 e. The highest BCUT2D eigenvalue weighted by Crippen LogP contribution is 2.15. The molecule has 0 aliphatic rings. The minimum absolute atomic E-state index is 0.167. The van der Waals surface area contributed by atoms with E-state index in [1.165, 1.54) is 11.3 Å². The smallest absolute Gasteiger partial charge is 0.253 e. The second-order valence-electron chi connectivity index (χ2n) is 5.62. The summed E-state index contributed by atoms with van der Waals surface area (Å²) < 4.78 is 0. The number of hydrogen-bond acceptors (Lipinski definition) is 4. The maximum atomic E-state index is 12.8. The summed E-state index contributed by atoms with van der Waals surface area (Å²) in [6, 6.07) is 20.1. The first-order valence-electron chi connectivity index (χ1n) is 7.90. The summed E-state index contributed by atoms with van der Waals surface area (Å²) in [4.78, 5) is 25.8. The molecular weight excluding hydrogens is 332 g/mol. The molecule has 2 aromatic carbocycles. The fourth-order valence-corrected chi connectivity index (χ4v) is 3.04. The third kappa shape index (κ3) is 4.33. The van der Waals surface area contributed by atoms with E-state index < -0.39 is 6.17 Å². The second kappa shape index (κ2) is 7.77.